The van der Waals surface area contributed by atoms with Gasteiger partial charge in [-0.05, 0) is 69.6 Å². The Hall–Kier alpha value is -0.310. The van der Waals surface area contributed by atoms with Crippen molar-refractivity contribution in [2.45, 2.75) is 19.0 Å². The number of carbonyl (C=O) groups excluding carboxylic acids is 1. The Bertz CT molecular complexity index is 513. The van der Waals surface area contributed by atoms with E-state index in [1.54, 1.807) is 12.1 Å². The van der Waals surface area contributed by atoms with Gasteiger partial charge in [-0.15, -0.1) is 0 Å². The average Bonchev–Trinajstić information content (AvgIpc) is 2.40. The summed E-state index contributed by atoms with van der Waals surface area (Å²) in [5, 5.41) is 0. The van der Waals surface area contributed by atoms with Crippen LogP contribution < -0.4 is 0 Å². The number of benzene rings is 1. The fraction of sp³-hybridized carbons (Fsp3) is 0.462. The molecule has 0 atom stereocenters. The van der Waals surface area contributed by atoms with Gasteiger partial charge in [-0.2, -0.15) is 13.2 Å². The molecule has 0 aliphatic carbocycles. The quantitative estimate of drug-likeness (QED) is 0.565. The molecule has 0 aromatic heterocycles. The van der Waals surface area contributed by atoms with E-state index in [2.05, 4.69) is 38.5 Å². The van der Waals surface area contributed by atoms with Crippen LogP contribution in [-0.4, -0.2) is 30.1 Å². The Balaban J connectivity index is 2.07. The van der Waals surface area contributed by atoms with E-state index >= 15 is 0 Å². The van der Waals surface area contributed by atoms with Crippen LogP contribution in [0.1, 0.15) is 23.2 Å². The van der Waals surface area contributed by atoms with Crippen molar-refractivity contribution in [1.29, 1.82) is 0 Å². The van der Waals surface area contributed by atoms with Crippen molar-refractivity contribution in [3.63, 3.8) is 0 Å². The Morgan fingerprint density at radius 2 is 1.90 bits per heavy atom. The average molecular weight is 462 g/mol. The maximum Gasteiger partial charge on any atom is 0.391 e. The lowest BCUT2D eigenvalue weighted by Gasteiger charge is -2.33. The molecule has 110 valence electrons. The number of hydrogen-bond acceptors (Lipinski definition) is 1. The third-order valence-corrected chi connectivity index (χ3v) is 4.77. The summed E-state index contributed by atoms with van der Waals surface area (Å²) in [5.74, 6) is -1.50. The first-order valence-corrected chi connectivity index (χ1v) is 7.97. The third kappa shape index (κ3) is 3.66. The van der Waals surface area contributed by atoms with Gasteiger partial charge < -0.3 is 4.90 Å². The van der Waals surface area contributed by atoms with E-state index in [9.17, 15) is 18.0 Å². The molecule has 1 aliphatic rings. The van der Waals surface area contributed by atoms with Crippen LogP contribution in [0.15, 0.2) is 22.7 Å². The molecule has 1 aromatic carbocycles. The van der Waals surface area contributed by atoms with Crippen LogP contribution in [0, 0.1) is 9.49 Å². The van der Waals surface area contributed by atoms with Gasteiger partial charge in [-0.1, -0.05) is 0 Å². The van der Waals surface area contributed by atoms with Crippen molar-refractivity contribution in [3.8, 4) is 0 Å². The van der Waals surface area contributed by atoms with Crippen molar-refractivity contribution in [3.05, 3.63) is 31.8 Å². The molecule has 2 rings (SSSR count). The highest BCUT2D eigenvalue weighted by Crippen LogP contribution is 2.34. The number of likely N-dealkylation sites (tertiary alicyclic amines) is 1. The molecule has 0 unspecified atom stereocenters. The Kier molecular flexibility index (Phi) is 4.99. The number of rotatable bonds is 1. The highest BCUT2D eigenvalue weighted by molar-refractivity contribution is 14.1. The highest BCUT2D eigenvalue weighted by atomic mass is 127. The smallest absolute Gasteiger partial charge is 0.339 e. The zero-order valence-corrected chi connectivity index (χ0v) is 14.1. The topological polar surface area (TPSA) is 20.3 Å². The van der Waals surface area contributed by atoms with Gasteiger partial charge in [0.05, 0.1) is 11.5 Å². The summed E-state index contributed by atoms with van der Waals surface area (Å²) in [7, 11) is 0. The van der Waals surface area contributed by atoms with Crippen LogP contribution in [0.25, 0.3) is 0 Å². The standard InChI is InChI=1S/C13H12BrF3INO/c14-11-2-1-9(18)7-10(11)12(20)19-5-3-8(4-6-19)13(15,16)17/h1-2,7-8H,3-6H2. The van der Waals surface area contributed by atoms with Gasteiger partial charge in [0.25, 0.3) is 5.91 Å². The van der Waals surface area contributed by atoms with Gasteiger partial charge in [-0.25, -0.2) is 0 Å². The predicted octanol–water partition coefficient (Wildman–Crippen LogP) is 4.47. The van der Waals surface area contributed by atoms with Crippen LogP contribution in [0.3, 0.4) is 0 Å². The summed E-state index contributed by atoms with van der Waals surface area (Å²) < 4.78 is 39.4. The number of halogens is 5. The largest absolute Gasteiger partial charge is 0.391 e. The molecule has 1 amide bonds. The number of carbonyl (C=O) groups is 1. The van der Waals surface area contributed by atoms with Crippen molar-refractivity contribution >= 4 is 44.4 Å². The molecule has 0 saturated carbocycles. The van der Waals surface area contributed by atoms with Crippen LogP contribution in [-0.2, 0) is 0 Å². The second-order valence-corrected chi connectivity index (χ2v) is 6.83. The summed E-state index contributed by atoms with van der Waals surface area (Å²) in [6, 6.07) is 5.37. The number of nitrogens with zero attached hydrogens (tertiary/aromatic N) is 1. The van der Waals surface area contributed by atoms with Gasteiger partial charge in [0, 0.05) is 21.1 Å². The minimum Gasteiger partial charge on any atom is -0.339 e. The molecule has 1 heterocycles. The third-order valence-electron chi connectivity index (χ3n) is 3.40. The number of amides is 1. The molecular weight excluding hydrogens is 450 g/mol. The van der Waals surface area contributed by atoms with Gasteiger partial charge in [0.1, 0.15) is 0 Å². The van der Waals surface area contributed by atoms with Gasteiger partial charge in [0.15, 0.2) is 0 Å². The minimum absolute atomic E-state index is 0.0171. The van der Waals surface area contributed by atoms with Crippen LogP contribution in [0.4, 0.5) is 13.2 Å². The molecule has 1 aromatic rings. The summed E-state index contributed by atoms with van der Waals surface area (Å²) in [6.45, 7) is 0.307. The van der Waals surface area contributed by atoms with E-state index in [0.29, 0.717) is 10.0 Å². The Labute approximate surface area is 137 Å². The van der Waals surface area contributed by atoms with Crippen LogP contribution in [0.2, 0.25) is 0 Å². The lowest BCUT2D eigenvalue weighted by molar-refractivity contribution is -0.183. The zero-order chi connectivity index (χ0) is 14.9. The Morgan fingerprint density at radius 3 is 2.45 bits per heavy atom. The Morgan fingerprint density at radius 1 is 1.30 bits per heavy atom. The summed E-state index contributed by atoms with van der Waals surface area (Å²) >= 11 is 5.41. The monoisotopic (exact) mass is 461 g/mol. The van der Waals surface area contributed by atoms with E-state index in [1.807, 2.05) is 6.07 Å². The lowest BCUT2D eigenvalue weighted by atomic mass is 9.96. The summed E-state index contributed by atoms with van der Waals surface area (Å²) in [4.78, 5) is 13.8. The zero-order valence-electron chi connectivity index (χ0n) is 10.4. The van der Waals surface area contributed by atoms with Crippen molar-refractivity contribution in [2.24, 2.45) is 5.92 Å². The second-order valence-electron chi connectivity index (χ2n) is 4.73. The number of hydrogen-bond donors (Lipinski definition) is 0. The first kappa shape index (κ1) is 16.1. The molecule has 0 bridgehead atoms. The van der Waals surface area contributed by atoms with Gasteiger partial charge in [0.2, 0.25) is 0 Å². The highest BCUT2D eigenvalue weighted by Gasteiger charge is 2.41. The minimum atomic E-state index is -4.15. The maximum absolute atomic E-state index is 12.6. The molecule has 1 saturated heterocycles. The van der Waals surface area contributed by atoms with Crippen LogP contribution >= 0.6 is 38.5 Å². The van der Waals surface area contributed by atoms with Gasteiger partial charge >= 0.3 is 6.18 Å². The molecule has 1 fully saturated rings. The first-order chi connectivity index (χ1) is 9.29. The van der Waals surface area contributed by atoms with E-state index in [-0.39, 0.29) is 31.8 Å². The molecule has 0 N–H and O–H groups in total. The van der Waals surface area contributed by atoms with E-state index < -0.39 is 12.1 Å². The fourth-order valence-corrected chi connectivity index (χ4v) is 3.15. The number of piperidine rings is 1. The molecule has 1 aliphatic heterocycles. The molecule has 0 spiro atoms. The van der Waals surface area contributed by atoms with Crippen molar-refractivity contribution < 1.29 is 18.0 Å². The van der Waals surface area contributed by atoms with E-state index in [1.165, 1.54) is 4.90 Å². The normalized spacial score (nSPS) is 17.4. The first-order valence-electron chi connectivity index (χ1n) is 6.10. The lowest BCUT2D eigenvalue weighted by Crippen LogP contribution is -2.42. The summed E-state index contributed by atoms with van der Waals surface area (Å²) in [5.41, 5.74) is 0.502. The van der Waals surface area contributed by atoms with E-state index in [0.717, 1.165) is 3.57 Å². The van der Waals surface area contributed by atoms with Gasteiger partial charge in [-0.3, -0.25) is 4.79 Å². The van der Waals surface area contributed by atoms with Crippen molar-refractivity contribution in [2.75, 3.05) is 13.1 Å². The molecular formula is C13H12BrF3INO. The van der Waals surface area contributed by atoms with E-state index in [4.69, 9.17) is 0 Å². The SMILES string of the molecule is O=C(c1cc(I)ccc1Br)N1CCC(C(F)(F)F)CC1. The molecule has 7 heteroatoms. The molecule has 2 nitrogen and oxygen atoms in total. The maximum atomic E-state index is 12.6. The van der Waals surface area contributed by atoms with Crippen LogP contribution in [0.5, 0.6) is 0 Å². The summed E-state index contributed by atoms with van der Waals surface area (Å²) in [6.07, 6.45) is -4.19. The fourth-order valence-electron chi connectivity index (χ4n) is 2.24. The molecule has 20 heavy (non-hydrogen) atoms. The molecule has 0 radical (unpaired) electrons. The number of alkyl halides is 3. The van der Waals surface area contributed by atoms with Crippen molar-refractivity contribution in [1.82, 2.24) is 4.90 Å². The second kappa shape index (κ2) is 6.21. The predicted molar refractivity (Wildman–Crippen MR) is 81.5 cm³/mol.